The van der Waals surface area contributed by atoms with Crippen molar-refractivity contribution in [1.82, 2.24) is 24.8 Å². The molecule has 0 bridgehead atoms. The van der Waals surface area contributed by atoms with Gasteiger partial charge in [0.2, 0.25) is 5.95 Å². The minimum Gasteiger partial charge on any atom is -0.497 e. The summed E-state index contributed by atoms with van der Waals surface area (Å²) in [5.74, 6) is 2.45. The van der Waals surface area contributed by atoms with Gasteiger partial charge in [0.05, 0.1) is 18.5 Å². The number of nitrogens with one attached hydrogen (secondary N) is 2. The molecular weight excluding hydrogens is 400 g/mol. The van der Waals surface area contributed by atoms with Crippen molar-refractivity contribution in [3.63, 3.8) is 0 Å². The molecule has 1 aliphatic heterocycles. The Bertz CT molecular complexity index is 1230. The maximum atomic E-state index is 5.39. The van der Waals surface area contributed by atoms with E-state index < -0.39 is 0 Å². The molecule has 2 N–H and O–H groups in total. The lowest BCUT2D eigenvalue weighted by Gasteiger charge is -2.20. The highest BCUT2D eigenvalue weighted by Crippen LogP contribution is 2.24. The van der Waals surface area contributed by atoms with E-state index >= 15 is 0 Å². The number of imidazole rings is 1. The third-order valence-electron chi connectivity index (χ3n) is 5.75. The van der Waals surface area contributed by atoms with Crippen molar-refractivity contribution in [1.29, 1.82) is 0 Å². The monoisotopic (exact) mass is 426 g/mol. The lowest BCUT2D eigenvalue weighted by molar-refractivity contribution is 0.414. The molecule has 0 spiro atoms. The van der Waals surface area contributed by atoms with Gasteiger partial charge in [0.25, 0.3) is 0 Å². The van der Waals surface area contributed by atoms with E-state index in [-0.39, 0.29) is 0 Å². The molecule has 3 heterocycles. The average Bonchev–Trinajstić information content (AvgIpc) is 3.25. The molecule has 5 rings (SSSR count). The first-order chi connectivity index (χ1) is 15.7. The summed E-state index contributed by atoms with van der Waals surface area (Å²) in [5.41, 5.74) is 6.56. The van der Waals surface area contributed by atoms with Gasteiger partial charge < -0.3 is 19.9 Å². The van der Waals surface area contributed by atoms with Crippen LogP contribution in [0, 0.1) is 6.92 Å². The molecule has 0 aliphatic carbocycles. The lowest BCUT2D eigenvalue weighted by atomic mass is 10.0. The van der Waals surface area contributed by atoms with Crippen LogP contribution in [0.4, 0.5) is 11.6 Å². The summed E-state index contributed by atoms with van der Waals surface area (Å²) in [7, 11) is 1.69. The molecule has 1 aliphatic rings. The summed E-state index contributed by atoms with van der Waals surface area (Å²) >= 11 is 0. The Hall–Kier alpha value is -3.71. The first-order valence-corrected chi connectivity index (χ1v) is 10.8. The summed E-state index contributed by atoms with van der Waals surface area (Å²) in [6.45, 7) is 3.72. The summed E-state index contributed by atoms with van der Waals surface area (Å²) in [6.07, 6.45) is 5.40. The third-order valence-corrected chi connectivity index (χ3v) is 5.75. The fraction of sp³-hybridized carbons (Fsp3) is 0.240. The van der Waals surface area contributed by atoms with Crippen LogP contribution in [0.2, 0.25) is 0 Å². The summed E-state index contributed by atoms with van der Waals surface area (Å²) in [6, 6.07) is 16.4. The first kappa shape index (κ1) is 20.2. The van der Waals surface area contributed by atoms with E-state index in [9.17, 15) is 0 Å². The average molecular weight is 427 g/mol. The maximum Gasteiger partial charge on any atom is 0.227 e. The lowest BCUT2D eigenvalue weighted by Crippen LogP contribution is -2.27. The molecule has 0 atom stereocenters. The van der Waals surface area contributed by atoms with Gasteiger partial charge in [-0.3, -0.25) is 0 Å². The van der Waals surface area contributed by atoms with Crippen LogP contribution in [-0.2, 0) is 19.4 Å². The molecule has 0 amide bonds. The van der Waals surface area contributed by atoms with E-state index in [0.29, 0.717) is 5.95 Å². The number of methoxy groups -OCH3 is 1. The van der Waals surface area contributed by atoms with Crippen molar-refractivity contribution in [2.45, 2.75) is 26.3 Å². The Balaban J connectivity index is 1.42. The van der Waals surface area contributed by atoms with Crippen molar-refractivity contribution in [2.75, 3.05) is 19.0 Å². The van der Waals surface area contributed by atoms with Crippen molar-refractivity contribution < 1.29 is 4.74 Å². The van der Waals surface area contributed by atoms with Crippen LogP contribution in [0.1, 0.15) is 28.3 Å². The quantitative estimate of drug-likeness (QED) is 0.486. The number of aromatic nitrogens is 4. The normalized spacial score (nSPS) is 12.9. The Morgan fingerprint density at radius 2 is 2.00 bits per heavy atom. The van der Waals surface area contributed by atoms with Crippen LogP contribution in [0.15, 0.2) is 60.9 Å². The molecule has 4 aromatic rings. The summed E-state index contributed by atoms with van der Waals surface area (Å²) < 4.78 is 7.44. The van der Waals surface area contributed by atoms with Crippen molar-refractivity contribution in [3.05, 3.63) is 89.3 Å². The number of benzene rings is 2. The Morgan fingerprint density at radius 1 is 1.12 bits per heavy atom. The smallest absolute Gasteiger partial charge is 0.227 e. The van der Waals surface area contributed by atoms with Crippen molar-refractivity contribution >= 4 is 11.6 Å². The second-order valence-electron chi connectivity index (χ2n) is 7.89. The molecule has 162 valence electrons. The number of ether oxygens (including phenoxy) is 1. The Morgan fingerprint density at radius 3 is 2.78 bits per heavy atom. The standard InChI is InChI=1S/C25H26N6O/c1-17-27-12-13-31(17)20-8-6-19(7-9-20)28-25-29-23-10-11-26-16-22(23)24(30-25)15-18-4-3-5-21(14-18)32-2/h3-9,12-14,26H,10-11,15-16H2,1-2H3,(H,28,29,30). The van der Waals surface area contributed by atoms with Crippen molar-refractivity contribution in [2.24, 2.45) is 0 Å². The van der Waals surface area contributed by atoms with Gasteiger partial charge >= 0.3 is 0 Å². The summed E-state index contributed by atoms with van der Waals surface area (Å²) in [5, 5.41) is 6.85. The zero-order valence-corrected chi connectivity index (χ0v) is 18.3. The van der Waals surface area contributed by atoms with Crippen molar-refractivity contribution in [3.8, 4) is 11.4 Å². The van der Waals surface area contributed by atoms with Gasteiger partial charge in [-0.25, -0.2) is 15.0 Å². The van der Waals surface area contributed by atoms with Gasteiger partial charge in [0, 0.05) is 55.3 Å². The minimum atomic E-state index is 0.634. The number of rotatable bonds is 6. The van der Waals surface area contributed by atoms with E-state index in [2.05, 4.69) is 44.5 Å². The molecule has 0 saturated carbocycles. The second kappa shape index (κ2) is 8.80. The molecule has 0 unspecified atom stereocenters. The third kappa shape index (κ3) is 4.20. The van der Waals surface area contributed by atoms with Gasteiger partial charge in [-0.1, -0.05) is 12.1 Å². The van der Waals surface area contributed by atoms with E-state index in [0.717, 1.165) is 60.3 Å². The highest BCUT2D eigenvalue weighted by molar-refractivity contribution is 5.56. The van der Waals surface area contributed by atoms with Gasteiger partial charge in [-0.15, -0.1) is 0 Å². The second-order valence-corrected chi connectivity index (χ2v) is 7.89. The zero-order valence-electron chi connectivity index (χ0n) is 18.3. The van der Waals surface area contributed by atoms with E-state index in [1.807, 2.05) is 37.4 Å². The van der Waals surface area contributed by atoms with Gasteiger partial charge in [0.1, 0.15) is 11.6 Å². The van der Waals surface area contributed by atoms with Crippen LogP contribution < -0.4 is 15.4 Å². The molecule has 7 nitrogen and oxygen atoms in total. The summed E-state index contributed by atoms with van der Waals surface area (Å²) in [4.78, 5) is 14.0. The number of nitrogens with zero attached hydrogens (tertiary/aromatic N) is 4. The van der Waals surface area contributed by atoms with E-state index in [1.165, 1.54) is 11.1 Å². The van der Waals surface area contributed by atoms with E-state index in [4.69, 9.17) is 14.7 Å². The predicted molar refractivity (Wildman–Crippen MR) is 125 cm³/mol. The van der Waals surface area contributed by atoms with Crippen LogP contribution in [0.25, 0.3) is 5.69 Å². The first-order valence-electron chi connectivity index (χ1n) is 10.8. The Labute approximate surface area is 187 Å². The largest absolute Gasteiger partial charge is 0.497 e. The minimum absolute atomic E-state index is 0.634. The molecule has 2 aromatic carbocycles. The van der Waals surface area contributed by atoms with Crippen LogP contribution in [-0.4, -0.2) is 33.2 Å². The molecule has 0 fully saturated rings. The number of fused-ring (bicyclic) bond motifs is 1. The number of hydrogen-bond acceptors (Lipinski definition) is 6. The molecule has 32 heavy (non-hydrogen) atoms. The molecular formula is C25H26N6O. The van der Waals surface area contributed by atoms with Crippen LogP contribution in [0.3, 0.4) is 0 Å². The number of aryl methyl sites for hydroxylation is 1. The molecule has 0 saturated heterocycles. The van der Waals surface area contributed by atoms with Gasteiger partial charge in [-0.05, 0) is 48.9 Å². The predicted octanol–water partition coefficient (Wildman–Crippen LogP) is 3.96. The fourth-order valence-electron chi connectivity index (χ4n) is 4.08. The van der Waals surface area contributed by atoms with Gasteiger partial charge in [-0.2, -0.15) is 0 Å². The topological polar surface area (TPSA) is 76.9 Å². The molecule has 2 aromatic heterocycles. The number of anilines is 2. The fourth-order valence-corrected chi connectivity index (χ4v) is 4.08. The van der Waals surface area contributed by atoms with Gasteiger partial charge in [0.15, 0.2) is 0 Å². The van der Waals surface area contributed by atoms with Crippen LogP contribution >= 0.6 is 0 Å². The highest BCUT2D eigenvalue weighted by Gasteiger charge is 2.18. The number of hydrogen-bond donors (Lipinski definition) is 2. The highest BCUT2D eigenvalue weighted by atomic mass is 16.5. The maximum absolute atomic E-state index is 5.39. The SMILES string of the molecule is COc1cccc(Cc2nc(Nc3ccc(-n4ccnc4C)cc3)nc3c2CNCC3)c1. The molecule has 0 radical (unpaired) electrons. The Kier molecular flexibility index (Phi) is 5.56. The van der Waals surface area contributed by atoms with E-state index in [1.54, 1.807) is 13.3 Å². The zero-order chi connectivity index (χ0) is 21.9. The molecule has 7 heteroatoms. The van der Waals surface area contributed by atoms with Crippen LogP contribution in [0.5, 0.6) is 5.75 Å².